The molecule has 3 heteroatoms. The largest absolute Gasteiger partial charge is 0.275 e. The van der Waals surface area contributed by atoms with Crippen LogP contribution in [0.1, 0.15) is 33.0 Å². The smallest absolute Gasteiger partial charge is 0.168 e. The average molecular weight is 444 g/mol. The van der Waals surface area contributed by atoms with Gasteiger partial charge < -0.3 is 0 Å². The van der Waals surface area contributed by atoms with Crippen LogP contribution in [-0.4, -0.2) is 14.8 Å². The van der Waals surface area contributed by atoms with Crippen LogP contribution in [0.2, 0.25) is 0 Å². The van der Waals surface area contributed by atoms with Crippen molar-refractivity contribution >= 4 is 5.57 Å². The van der Waals surface area contributed by atoms with E-state index in [1.54, 1.807) is 0 Å². The molecule has 1 aliphatic rings. The van der Waals surface area contributed by atoms with Crippen molar-refractivity contribution in [3.05, 3.63) is 121 Å². The second kappa shape index (κ2) is 9.11. The Hall–Kier alpha value is -3.98. The van der Waals surface area contributed by atoms with Crippen LogP contribution in [0.25, 0.3) is 33.8 Å². The van der Waals surface area contributed by atoms with E-state index in [1.807, 2.05) is 12.1 Å². The molecule has 0 radical (unpaired) electrons. The fourth-order valence-corrected chi connectivity index (χ4v) is 4.27. The lowest BCUT2D eigenvalue weighted by molar-refractivity contribution is 0.515. The topological polar surface area (TPSA) is 30.7 Å². The molecule has 3 nitrogen and oxygen atoms in total. The number of aromatic nitrogens is 3. The van der Waals surface area contributed by atoms with Crippen LogP contribution in [0.5, 0.6) is 0 Å². The van der Waals surface area contributed by atoms with Gasteiger partial charge in [-0.1, -0.05) is 118 Å². The van der Waals surface area contributed by atoms with Crippen LogP contribution in [0, 0.1) is 5.41 Å². The predicted molar refractivity (Wildman–Crippen MR) is 142 cm³/mol. The quantitative estimate of drug-likeness (QED) is 0.321. The van der Waals surface area contributed by atoms with Crippen LogP contribution < -0.4 is 0 Å². The number of nitrogens with zero attached hydrogens (tertiary/aromatic N) is 3. The van der Waals surface area contributed by atoms with E-state index >= 15 is 0 Å². The Morgan fingerprint density at radius 2 is 1.21 bits per heavy atom. The monoisotopic (exact) mass is 443 g/mol. The summed E-state index contributed by atoms with van der Waals surface area (Å²) in [5, 5.41) is 9.33. The summed E-state index contributed by atoms with van der Waals surface area (Å²) in [5.74, 6) is 1.69. The molecular formula is C31H29N3. The summed E-state index contributed by atoms with van der Waals surface area (Å²) in [5.41, 5.74) is 7.00. The Kier molecular flexibility index (Phi) is 5.85. The Morgan fingerprint density at radius 1 is 0.618 bits per heavy atom. The van der Waals surface area contributed by atoms with Gasteiger partial charge in [0.1, 0.15) is 0 Å². The first-order valence-corrected chi connectivity index (χ1v) is 11.8. The average Bonchev–Trinajstić information content (AvgIpc) is 3.14. The molecule has 0 amide bonds. The maximum Gasteiger partial charge on any atom is 0.168 e. The van der Waals surface area contributed by atoms with Crippen LogP contribution in [-0.2, 0) is 0 Å². The molecular weight excluding hydrogens is 414 g/mol. The summed E-state index contributed by atoms with van der Waals surface area (Å²) in [6, 6.07) is 29.3. The fourth-order valence-electron chi connectivity index (χ4n) is 4.27. The lowest BCUT2D eigenvalue weighted by Gasteiger charge is -2.19. The van der Waals surface area contributed by atoms with Gasteiger partial charge in [0.2, 0.25) is 0 Å². The fraction of sp³-hybridized carbons (Fsp3) is 0.161. The van der Waals surface area contributed by atoms with Gasteiger partial charge in [-0.05, 0) is 40.7 Å². The van der Waals surface area contributed by atoms with Crippen molar-refractivity contribution in [3.8, 4) is 28.2 Å². The van der Waals surface area contributed by atoms with Crippen molar-refractivity contribution in [2.24, 2.45) is 5.41 Å². The summed E-state index contributed by atoms with van der Waals surface area (Å²) in [6.45, 7) is 6.74. The predicted octanol–water partition coefficient (Wildman–Crippen LogP) is 7.92. The number of benzene rings is 3. The summed E-state index contributed by atoms with van der Waals surface area (Å²) in [6.07, 6.45) is 9.81. The van der Waals surface area contributed by atoms with E-state index in [1.165, 1.54) is 16.7 Å². The molecule has 34 heavy (non-hydrogen) atoms. The second-order valence-corrected chi connectivity index (χ2v) is 9.60. The van der Waals surface area contributed by atoms with E-state index < -0.39 is 0 Å². The van der Waals surface area contributed by atoms with Crippen molar-refractivity contribution in [3.63, 3.8) is 0 Å². The normalized spacial score (nSPS) is 13.9. The second-order valence-electron chi connectivity index (χ2n) is 9.60. The van der Waals surface area contributed by atoms with Gasteiger partial charge in [0.25, 0.3) is 0 Å². The molecule has 0 N–H and O–H groups in total. The van der Waals surface area contributed by atoms with Gasteiger partial charge in [-0.2, -0.15) is 0 Å². The minimum absolute atomic E-state index is 0.110. The van der Waals surface area contributed by atoms with E-state index in [4.69, 9.17) is 0 Å². The number of allylic oxidation sites excluding steroid dienone is 6. The van der Waals surface area contributed by atoms with Gasteiger partial charge >= 0.3 is 0 Å². The minimum Gasteiger partial charge on any atom is -0.275 e. The van der Waals surface area contributed by atoms with Gasteiger partial charge in [-0.25, -0.2) is 0 Å². The lowest BCUT2D eigenvalue weighted by Crippen LogP contribution is -2.07. The molecule has 1 aromatic heterocycles. The van der Waals surface area contributed by atoms with Crippen LogP contribution >= 0.6 is 0 Å². The Balaban J connectivity index is 1.57. The zero-order valence-corrected chi connectivity index (χ0v) is 19.9. The van der Waals surface area contributed by atoms with Gasteiger partial charge in [-0.3, -0.25) is 4.57 Å². The zero-order valence-electron chi connectivity index (χ0n) is 19.9. The third-order valence-electron chi connectivity index (χ3n) is 6.17. The van der Waals surface area contributed by atoms with Crippen molar-refractivity contribution in [1.29, 1.82) is 0 Å². The highest BCUT2D eigenvalue weighted by atomic mass is 15.3. The van der Waals surface area contributed by atoms with Gasteiger partial charge in [-0.15, -0.1) is 10.2 Å². The first-order valence-electron chi connectivity index (χ1n) is 11.8. The highest BCUT2D eigenvalue weighted by Gasteiger charge is 2.20. The van der Waals surface area contributed by atoms with Crippen molar-refractivity contribution in [2.75, 3.05) is 0 Å². The molecule has 5 rings (SSSR count). The molecule has 0 atom stereocenters. The molecule has 1 aliphatic carbocycles. The molecule has 4 aromatic rings. The van der Waals surface area contributed by atoms with E-state index in [2.05, 4.69) is 133 Å². The minimum atomic E-state index is 0.110. The molecule has 0 fully saturated rings. The first-order chi connectivity index (χ1) is 16.5. The van der Waals surface area contributed by atoms with E-state index in [9.17, 15) is 0 Å². The van der Waals surface area contributed by atoms with Crippen molar-refractivity contribution in [2.45, 2.75) is 27.2 Å². The van der Waals surface area contributed by atoms with Crippen molar-refractivity contribution < 1.29 is 0 Å². The molecule has 0 unspecified atom stereocenters. The molecule has 0 bridgehead atoms. The lowest BCUT2D eigenvalue weighted by atomic mass is 9.86. The Morgan fingerprint density at radius 3 is 1.88 bits per heavy atom. The molecule has 0 saturated heterocycles. The standard InChI is InChI=1S/C31H29N3/c1-31(2,3)27-14-10-13-25(21-22-27)29-32-33-30(34(29)28-15-8-5-9-16-28)26-19-17-24(18-20-26)23-11-6-4-7-12-23/h4-9,11-22H,10H2,1-3H3. The van der Waals surface area contributed by atoms with E-state index in [0.29, 0.717) is 0 Å². The highest BCUT2D eigenvalue weighted by Crippen LogP contribution is 2.33. The number of hydrogen-bond acceptors (Lipinski definition) is 2. The maximum atomic E-state index is 4.67. The van der Waals surface area contributed by atoms with Crippen LogP contribution in [0.4, 0.5) is 0 Å². The summed E-state index contributed by atoms with van der Waals surface area (Å²) in [4.78, 5) is 0. The highest BCUT2D eigenvalue weighted by molar-refractivity contribution is 5.75. The summed E-state index contributed by atoms with van der Waals surface area (Å²) < 4.78 is 2.16. The van der Waals surface area contributed by atoms with Gasteiger partial charge in [0.05, 0.1) is 0 Å². The summed E-state index contributed by atoms with van der Waals surface area (Å²) in [7, 11) is 0. The Labute approximate surface area is 201 Å². The number of rotatable bonds is 4. The van der Waals surface area contributed by atoms with Crippen molar-refractivity contribution in [1.82, 2.24) is 14.8 Å². The van der Waals surface area contributed by atoms with E-state index in [0.717, 1.165) is 34.9 Å². The molecule has 1 heterocycles. The third kappa shape index (κ3) is 4.42. The van der Waals surface area contributed by atoms with Crippen LogP contribution in [0.3, 0.4) is 0 Å². The third-order valence-corrected chi connectivity index (χ3v) is 6.17. The van der Waals surface area contributed by atoms with Gasteiger partial charge in [0, 0.05) is 16.8 Å². The zero-order chi connectivity index (χ0) is 23.5. The molecule has 3 aromatic carbocycles. The summed E-state index contributed by atoms with van der Waals surface area (Å²) >= 11 is 0. The molecule has 0 aliphatic heterocycles. The molecule has 168 valence electrons. The van der Waals surface area contributed by atoms with Crippen LogP contribution in [0.15, 0.2) is 115 Å². The van der Waals surface area contributed by atoms with E-state index in [-0.39, 0.29) is 5.41 Å². The maximum absolute atomic E-state index is 4.67. The van der Waals surface area contributed by atoms with Gasteiger partial charge in [0.15, 0.2) is 11.6 Å². The molecule has 0 saturated carbocycles. The Bertz CT molecular complexity index is 1360. The number of hydrogen-bond donors (Lipinski definition) is 0. The first kappa shape index (κ1) is 21.8. The number of para-hydroxylation sites is 1. The molecule has 0 spiro atoms. The SMILES string of the molecule is CC(C)(C)C1=CCC=C(c2nnc(-c3ccc(-c4ccccc4)cc3)n2-c2ccccc2)C=C1.